The predicted octanol–water partition coefficient (Wildman–Crippen LogP) is 1.75. The van der Waals surface area contributed by atoms with E-state index in [1.165, 1.54) is 7.11 Å². The van der Waals surface area contributed by atoms with Gasteiger partial charge in [-0.05, 0) is 39.4 Å². The number of esters is 1. The van der Waals surface area contributed by atoms with Crippen LogP contribution in [0.1, 0.15) is 31.4 Å². The van der Waals surface area contributed by atoms with Crippen molar-refractivity contribution in [3.05, 3.63) is 35.9 Å². The normalized spacial score (nSPS) is 18.4. The van der Waals surface area contributed by atoms with E-state index in [0.29, 0.717) is 12.8 Å². The molecule has 1 aromatic rings. The van der Waals surface area contributed by atoms with Crippen molar-refractivity contribution in [2.75, 3.05) is 21.2 Å². The van der Waals surface area contributed by atoms with E-state index in [9.17, 15) is 9.59 Å². The Labute approximate surface area is 131 Å². The fraction of sp³-hybridized carbons (Fsp3) is 0.529. The number of benzene rings is 1. The summed E-state index contributed by atoms with van der Waals surface area (Å²) >= 11 is 0. The van der Waals surface area contributed by atoms with Crippen LogP contribution in [-0.2, 0) is 14.3 Å². The molecule has 120 valence electrons. The Bertz CT molecular complexity index is 538. The quantitative estimate of drug-likeness (QED) is 0.642. The third kappa shape index (κ3) is 3.14. The Balaban J connectivity index is 2.11. The maximum Gasteiger partial charge on any atom is 0.321 e. The molecule has 1 amide bonds. The van der Waals surface area contributed by atoms with Crippen molar-refractivity contribution in [2.24, 2.45) is 5.41 Å². The molecule has 5 heteroatoms. The molecule has 5 nitrogen and oxygen atoms in total. The Morgan fingerprint density at radius 1 is 1.23 bits per heavy atom. The fourth-order valence-corrected chi connectivity index (χ4v) is 2.95. The number of rotatable bonds is 6. The number of amides is 1. The Morgan fingerprint density at radius 3 is 2.27 bits per heavy atom. The van der Waals surface area contributed by atoms with Crippen LogP contribution >= 0.6 is 0 Å². The van der Waals surface area contributed by atoms with Gasteiger partial charge in [-0.15, -0.1) is 0 Å². The van der Waals surface area contributed by atoms with Gasteiger partial charge in [0.05, 0.1) is 13.2 Å². The molecule has 1 N–H and O–H groups in total. The molecule has 2 rings (SSSR count). The summed E-state index contributed by atoms with van der Waals surface area (Å²) in [6, 6.07) is 9.94. The number of hydrogen-bond acceptors (Lipinski definition) is 4. The summed E-state index contributed by atoms with van der Waals surface area (Å²) in [5.74, 6) is -0.659. The van der Waals surface area contributed by atoms with E-state index in [4.69, 9.17) is 4.74 Å². The van der Waals surface area contributed by atoms with Crippen LogP contribution in [0, 0.1) is 5.41 Å². The molecule has 0 saturated heterocycles. The molecule has 0 bridgehead atoms. The number of nitrogens with zero attached hydrogens (tertiary/aromatic N) is 1. The zero-order chi connectivity index (χ0) is 16.3. The number of carbonyl (C=O) groups excluding carboxylic acids is 2. The molecule has 1 aliphatic carbocycles. The van der Waals surface area contributed by atoms with E-state index >= 15 is 0 Å². The summed E-state index contributed by atoms with van der Waals surface area (Å²) in [6.07, 6.45) is 1.13. The SMILES string of the molecule is COC(=O)C1(C(=O)N[C@@H](C)[C@@H](c2ccccc2)N(C)C)CC1. The summed E-state index contributed by atoms with van der Waals surface area (Å²) in [5.41, 5.74) is 0.166. The molecule has 0 aromatic heterocycles. The molecule has 0 radical (unpaired) electrons. The predicted molar refractivity (Wildman–Crippen MR) is 84.2 cm³/mol. The summed E-state index contributed by atoms with van der Waals surface area (Å²) in [5, 5.41) is 3.00. The highest BCUT2D eigenvalue weighted by atomic mass is 16.5. The molecule has 1 saturated carbocycles. The average Bonchev–Trinajstić information content (AvgIpc) is 3.29. The van der Waals surface area contributed by atoms with Crippen molar-refractivity contribution in [1.82, 2.24) is 10.2 Å². The molecule has 0 aliphatic heterocycles. The zero-order valence-electron chi connectivity index (χ0n) is 13.6. The molecule has 1 aliphatic rings. The summed E-state index contributed by atoms with van der Waals surface area (Å²) in [7, 11) is 5.28. The highest BCUT2D eigenvalue weighted by Crippen LogP contribution is 2.47. The monoisotopic (exact) mass is 304 g/mol. The van der Waals surface area contributed by atoms with Crippen molar-refractivity contribution in [3.8, 4) is 0 Å². The van der Waals surface area contributed by atoms with Gasteiger partial charge in [-0.3, -0.25) is 9.59 Å². The molecule has 1 aromatic carbocycles. The Hall–Kier alpha value is -1.88. The van der Waals surface area contributed by atoms with E-state index in [1.807, 2.05) is 51.4 Å². The summed E-state index contributed by atoms with van der Waals surface area (Å²) < 4.78 is 4.76. The van der Waals surface area contributed by atoms with Crippen LogP contribution in [0.5, 0.6) is 0 Å². The lowest BCUT2D eigenvalue weighted by atomic mass is 9.98. The van der Waals surface area contributed by atoms with Crippen LogP contribution in [0.4, 0.5) is 0 Å². The van der Waals surface area contributed by atoms with Gasteiger partial charge in [0.1, 0.15) is 5.41 Å². The van der Waals surface area contributed by atoms with E-state index in [2.05, 4.69) is 10.2 Å². The number of ether oxygens (including phenoxy) is 1. The first-order valence-electron chi connectivity index (χ1n) is 7.53. The average molecular weight is 304 g/mol. The molecular formula is C17H24N2O3. The van der Waals surface area contributed by atoms with E-state index in [-0.39, 0.29) is 18.0 Å². The second-order valence-electron chi connectivity index (χ2n) is 6.15. The zero-order valence-corrected chi connectivity index (χ0v) is 13.6. The minimum absolute atomic E-state index is 0.0404. The molecule has 0 unspecified atom stereocenters. The van der Waals surface area contributed by atoms with Crippen LogP contribution in [-0.4, -0.2) is 44.0 Å². The Kier molecular flexibility index (Phi) is 4.86. The van der Waals surface area contributed by atoms with Gasteiger partial charge in [0, 0.05) is 6.04 Å². The third-order valence-corrected chi connectivity index (χ3v) is 4.29. The highest BCUT2D eigenvalue weighted by Gasteiger charge is 2.58. The first kappa shape index (κ1) is 16.5. The smallest absolute Gasteiger partial charge is 0.321 e. The van der Waals surface area contributed by atoms with Crippen LogP contribution in [0.25, 0.3) is 0 Å². The molecule has 1 fully saturated rings. The molecule has 0 spiro atoms. The van der Waals surface area contributed by atoms with Crippen LogP contribution < -0.4 is 5.32 Å². The van der Waals surface area contributed by atoms with Crippen molar-refractivity contribution in [3.63, 3.8) is 0 Å². The standard InChI is InChI=1S/C17H24N2O3/c1-12(14(19(2)3)13-8-6-5-7-9-13)18-15(20)17(10-11-17)16(21)22-4/h5-9,12,14H,10-11H2,1-4H3,(H,18,20)/t12-,14-/m0/s1. The van der Waals surface area contributed by atoms with Gasteiger partial charge in [-0.2, -0.15) is 0 Å². The summed E-state index contributed by atoms with van der Waals surface area (Å²) in [6.45, 7) is 1.96. The second-order valence-corrected chi connectivity index (χ2v) is 6.15. The molecular weight excluding hydrogens is 280 g/mol. The summed E-state index contributed by atoms with van der Waals surface area (Å²) in [4.78, 5) is 26.3. The maximum absolute atomic E-state index is 12.5. The molecule has 22 heavy (non-hydrogen) atoms. The topological polar surface area (TPSA) is 58.6 Å². The van der Waals surface area contributed by atoms with Gasteiger partial charge in [0.2, 0.25) is 5.91 Å². The molecule has 2 atom stereocenters. The lowest BCUT2D eigenvalue weighted by Gasteiger charge is -2.32. The van der Waals surface area contributed by atoms with E-state index in [0.717, 1.165) is 5.56 Å². The van der Waals surface area contributed by atoms with E-state index in [1.54, 1.807) is 0 Å². The minimum atomic E-state index is -0.962. The van der Waals surface area contributed by atoms with Crippen molar-refractivity contribution < 1.29 is 14.3 Å². The maximum atomic E-state index is 12.5. The van der Waals surface area contributed by atoms with Gasteiger partial charge >= 0.3 is 5.97 Å². The number of nitrogens with one attached hydrogen (secondary N) is 1. The van der Waals surface area contributed by atoms with Gasteiger partial charge in [-0.1, -0.05) is 30.3 Å². The van der Waals surface area contributed by atoms with Gasteiger partial charge in [0.25, 0.3) is 0 Å². The van der Waals surface area contributed by atoms with Crippen molar-refractivity contribution in [1.29, 1.82) is 0 Å². The largest absolute Gasteiger partial charge is 0.468 e. The number of hydrogen-bond donors (Lipinski definition) is 1. The first-order chi connectivity index (χ1) is 10.4. The van der Waals surface area contributed by atoms with Crippen LogP contribution in [0.3, 0.4) is 0 Å². The third-order valence-electron chi connectivity index (χ3n) is 4.29. The van der Waals surface area contributed by atoms with Gasteiger partial charge < -0.3 is 15.0 Å². The lowest BCUT2D eigenvalue weighted by molar-refractivity contribution is -0.152. The minimum Gasteiger partial charge on any atom is -0.468 e. The Morgan fingerprint density at radius 2 is 1.82 bits per heavy atom. The van der Waals surface area contributed by atoms with Crippen molar-refractivity contribution >= 4 is 11.9 Å². The molecule has 0 heterocycles. The fourth-order valence-electron chi connectivity index (χ4n) is 2.95. The number of carbonyl (C=O) groups is 2. The van der Waals surface area contributed by atoms with Crippen LogP contribution in [0.15, 0.2) is 30.3 Å². The number of methoxy groups -OCH3 is 1. The van der Waals surface area contributed by atoms with Crippen LogP contribution in [0.2, 0.25) is 0 Å². The van der Waals surface area contributed by atoms with E-state index < -0.39 is 11.4 Å². The van der Waals surface area contributed by atoms with Crippen molar-refractivity contribution in [2.45, 2.75) is 31.8 Å². The highest BCUT2D eigenvalue weighted by molar-refractivity contribution is 6.05. The van der Waals surface area contributed by atoms with Gasteiger partial charge in [0.15, 0.2) is 0 Å². The van der Waals surface area contributed by atoms with Gasteiger partial charge in [-0.25, -0.2) is 0 Å². The number of likely N-dealkylation sites (N-methyl/N-ethyl adjacent to an activating group) is 1. The lowest BCUT2D eigenvalue weighted by Crippen LogP contribution is -2.47. The second kappa shape index (κ2) is 6.48. The first-order valence-corrected chi connectivity index (χ1v) is 7.53.